The summed E-state index contributed by atoms with van der Waals surface area (Å²) in [6.07, 6.45) is 8.15. The van der Waals surface area contributed by atoms with E-state index in [0.29, 0.717) is 18.0 Å². The van der Waals surface area contributed by atoms with Crippen LogP contribution in [0.25, 0.3) is 5.65 Å². The zero-order chi connectivity index (χ0) is 21.4. The molecule has 0 unspecified atom stereocenters. The number of rotatable bonds is 7. The van der Waals surface area contributed by atoms with E-state index in [1.165, 1.54) is 31.6 Å². The van der Waals surface area contributed by atoms with Gasteiger partial charge in [0.2, 0.25) is 0 Å². The van der Waals surface area contributed by atoms with Crippen LogP contribution in [0.15, 0.2) is 48.9 Å². The van der Waals surface area contributed by atoms with Crippen molar-refractivity contribution >= 4 is 11.6 Å². The summed E-state index contributed by atoms with van der Waals surface area (Å²) in [6, 6.07) is 8.94. The number of pyridine rings is 1. The fraction of sp³-hybridized carbons (Fsp3) is 0.273. The number of nitrogens with zero attached hydrogens (tertiary/aromatic N) is 5. The number of fused-ring (bicyclic) bond motifs is 1. The Balaban J connectivity index is 1.24. The maximum atomic E-state index is 14.2. The lowest BCUT2D eigenvalue weighted by molar-refractivity contribution is 0.0945. The highest BCUT2D eigenvalue weighted by Gasteiger charge is 2.23. The van der Waals surface area contributed by atoms with Gasteiger partial charge >= 0.3 is 0 Å². The summed E-state index contributed by atoms with van der Waals surface area (Å²) in [5.74, 6) is -0.116. The van der Waals surface area contributed by atoms with E-state index in [-0.39, 0.29) is 18.0 Å². The third-order valence-corrected chi connectivity index (χ3v) is 5.37. The minimum atomic E-state index is -0.495. The Kier molecular flexibility index (Phi) is 4.85. The van der Waals surface area contributed by atoms with Crippen LogP contribution in [0, 0.1) is 5.82 Å². The van der Waals surface area contributed by atoms with Crippen LogP contribution >= 0.6 is 0 Å². The van der Waals surface area contributed by atoms with Crippen molar-refractivity contribution in [2.75, 3.05) is 7.11 Å². The van der Waals surface area contributed by atoms with Crippen LogP contribution in [0.3, 0.4) is 0 Å². The summed E-state index contributed by atoms with van der Waals surface area (Å²) in [5.41, 5.74) is 3.52. The number of methoxy groups -OCH3 is 1. The topological polar surface area (TPSA) is 86.3 Å². The van der Waals surface area contributed by atoms with Crippen molar-refractivity contribution in [2.45, 2.75) is 31.8 Å². The monoisotopic (exact) mass is 420 g/mol. The molecule has 4 aromatic rings. The Morgan fingerprint density at radius 1 is 1.23 bits per heavy atom. The van der Waals surface area contributed by atoms with Crippen molar-refractivity contribution in [1.82, 2.24) is 29.7 Å². The summed E-state index contributed by atoms with van der Waals surface area (Å²) in [7, 11) is 1.40. The summed E-state index contributed by atoms with van der Waals surface area (Å²) in [6.45, 7) is 0.412. The number of hydrogen-bond donors (Lipinski definition) is 1. The van der Waals surface area contributed by atoms with Crippen LogP contribution in [-0.2, 0) is 13.1 Å². The molecule has 1 amide bonds. The third kappa shape index (κ3) is 3.98. The molecule has 1 saturated carbocycles. The average Bonchev–Trinajstić information content (AvgIpc) is 3.39. The normalized spacial score (nSPS) is 13.5. The molecule has 9 heteroatoms. The van der Waals surface area contributed by atoms with Gasteiger partial charge in [0, 0.05) is 24.5 Å². The van der Waals surface area contributed by atoms with Crippen molar-refractivity contribution in [2.24, 2.45) is 0 Å². The highest BCUT2D eigenvalue weighted by molar-refractivity contribution is 5.91. The Morgan fingerprint density at radius 3 is 2.90 bits per heavy atom. The molecule has 1 aliphatic rings. The Hall–Kier alpha value is -3.75. The van der Waals surface area contributed by atoms with Gasteiger partial charge in [-0.15, -0.1) is 5.10 Å². The fourth-order valence-corrected chi connectivity index (χ4v) is 3.56. The molecule has 8 nitrogen and oxygen atoms in total. The van der Waals surface area contributed by atoms with Crippen LogP contribution in [-0.4, -0.2) is 37.4 Å². The van der Waals surface area contributed by atoms with E-state index in [0.717, 1.165) is 11.3 Å². The van der Waals surface area contributed by atoms with Crippen LogP contribution in [0.4, 0.5) is 4.39 Å². The predicted octanol–water partition coefficient (Wildman–Crippen LogP) is 2.93. The molecular weight excluding hydrogens is 399 g/mol. The molecule has 0 spiro atoms. The molecule has 1 aromatic carbocycles. The van der Waals surface area contributed by atoms with Gasteiger partial charge in [0.1, 0.15) is 5.65 Å². The van der Waals surface area contributed by atoms with Crippen LogP contribution in [0.1, 0.15) is 46.1 Å². The molecule has 0 aliphatic heterocycles. The van der Waals surface area contributed by atoms with E-state index < -0.39 is 11.7 Å². The van der Waals surface area contributed by atoms with E-state index in [1.54, 1.807) is 23.0 Å². The maximum Gasteiger partial charge on any atom is 0.273 e. The Labute approximate surface area is 177 Å². The highest BCUT2D eigenvalue weighted by atomic mass is 19.1. The Bertz CT molecular complexity index is 1260. The van der Waals surface area contributed by atoms with Crippen molar-refractivity contribution in [3.8, 4) is 5.75 Å². The Morgan fingerprint density at radius 2 is 2.10 bits per heavy atom. The molecule has 0 atom stereocenters. The lowest BCUT2D eigenvalue weighted by atomic mass is 10.2. The quantitative estimate of drug-likeness (QED) is 0.497. The lowest BCUT2D eigenvalue weighted by Gasteiger charge is -2.07. The van der Waals surface area contributed by atoms with E-state index in [9.17, 15) is 9.18 Å². The number of aromatic nitrogens is 5. The minimum Gasteiger partial charge on any atom is -0.494 e. The maximum absolute atomic E-state index is 14.2. The lowest BCUT2D eigenvalue weighted by Crippen LogP contribution is -2.23. The smallest absolute Gasteiger partial charge is 0.273 e. The van der Waals surface area contributed by atoms with Gasteiger partial charge in [-0.05, 0) is 36.5 Å². The first-order valence-electron chi connectivity index (χ1n) is 10.1. The van der Waals surface area contributed by atoms with Gasteiger partial charge in [-0.1, -0.05) is 23.4 Å². The molecule has 1 fully saturated rings. The fourth-order valence-electron chi connectivity index (χ4n) is 3.56. The first kappa shape index (κ1) is 19.2. The van der Waals surface area contributed by atoms with Crippen molar-refractivity contribution in [1.29, 1.82) is 0 Å². The molecule has 5 rings (SSSR count). The van der Waals surface area contributed by atoms with Crippen LogP contribution in [0.2, 0.25) is 0 Å². The van der Waals surface area contributed by atoms with E-state index >= 15 is 0 Å². The van der Waals surface area contributed by atoms with Gasteiger partial charge in [0.05, 0.1) is 25.5 Å². The minimum absolute atomic E-state index is 0.0183. The number of amides is 1. The van der Waals surface area contributed by atoms with Crippen LogP contribution in [0.5, 0.6) is 5.75 Å². The highest BCUT2D eigenvalue weighted by Crippen LogP contribution is 2.39. The molecular formula is C22H21FN6O2. The molecule has 31 heavy (non-hydrogen) atoms. The third-order valence-electron chi connectivity index (χ3n) is 5.37. The summed E-state index contributed by atoms with van der Waals surface area (Å²) in [5, 5.41) is 10.6. The van der Waals surface area contributed by atoms with Gasteiger partial charge in [-0.25, -0.2) is 14.1 Å². The summed E-state index contributed by atoms with van der Waals surface area (Å²) >= 11 is 0. The SMILES string of the molecule is COc1cccc(CNC(=O)c2cn(Cc3cn4cc(C5CC5)ccc4n3)nn2)c1F. The van der Waals surface area contributed by atoms with Gasteiger partial charge in [-0.2, -0.15) is 0 Å². The molecule has 0 radical (unpaired) electrons. The second-order valence-electron chi connectivity index (χ2n) is 7.65. The van der Waals surface area contributed by atoms with Gasteiger partial charge < -0.3 is 14.5 Å². The largest absolute Gasteiger partial charge is 0.494 e. The van der Waals surface area contributed by atoms with E-state index in [4.69, 9.17) is 4.74 Å². The summed E-state index contributed by atoms with van der Waals surface area (Å²) in [4.78, 5) is 17.0. The van der Waals surface area contributed by atoms with E-state index in [1.807, 2.05) is 16.7 Å². The molecule has 1 N–H and O–H groups in total. The molecule has 3 aromatic heterocycles. The number of imidazole rings is 1. The van der Waals surface area contributed by atoms with E-state index in [2.05, 4.69) is 32.9 Å². The second-order valence-corrected chi connectivity index (χ2v) is 7.65. The molecule has 0 saturated heterocycles. The zero-order valence-corrected chi connectivity index (χ0v) is 17.0. The van der Waals surface area contributed by atoms with Crippen molar-refractivity contribution in [3.05, 3.63) is 77.3 Å². The molecule has 0 bridgehead atoms. The predicted molar refractivity (Wildman–Crippen MR) is 110 cm³/mol. The van der Waals surface area contributed by atoms with Crippen molar-refractivity contribution in [3.63, 3.8) is 0 Å². The number of carbonyl (C=O) groups excluding carboxylic acids is 1. The number of hydrogen-bond acceptors (Lipinski definition) is 5. The number of halogens is 1. The molecule has 158 valence electrons. The number of ether oxygens (including phenoxy) is 1. The van der Waals surface area contributed by atoms with Crippen LogP contribution < -0.4 is 10.1 Å². The molecule has 1 aliphatic carbocycles. The number of carbonyl (C=O) groups is 1. The molecule has 3 heterocycles. The number of benzene rings is 1. The van der Waals surface area contributed by atoms with Gasteiger partial charge in [0.15, 0.2) is 17.3 Å². The second kappa shape index (κ2) is 7.82. The first-order valence-corrected chi connectivity index (χ1v) is 10.1. The standard InChI is InChI=1S/C22H21FN6O2/c1-31-19-4-2-3-15(21(19)23)9-24-22(30)18-13-29(27-26-18)12-17-11-28-10-16(14-5-6-14)7-8-20(28)25-17/h2-4,7-8,10-11,13-14H,5-6,9,12H2,1H3,(H,24,30). The number of nitrogens with one attached hydrogen (secondary N) is 1. The van der Waals surface area contributed by atoms with Gasteiger partial charge in [-0.3, -0.25) is 4.79 Å². The first-order chi connectivity index (χ1) is 15.1. The zero-order valence-electron chi connectivity index (χ0n) is 17.0. The summed E-state index contributed by atoms with van der Waals surface area (Å²) < 4.78 is 22.8. The average molecular weight is 420 g/mol. The van der Waals surface area contributed by atoms with Crippen molar-refractivity contribution < 1.29 is 13.9 Å². The van der Waals surface area contributed by atoms with Gasteiger partial charge in [0.25, 0.3) is 5.91 Å².